The van der Waals surface area contributed by atoms with E-state index in [9.17, 15) is 0 Å². The van der Waals surface area contributed by atoms with Crippen molar-refractivity contribution in [2.75, 3.05) is 11.5 Å². The lowest BCUT2D eigenvalue weighted by Crippen LogP contribution is -2.29. The molecule has 4 N–H and O–H groups in total. The lowest BCUT2D eigenvalue weighted by atomic mass is 9.68. The second-order valence-electron chi connectivity index (χ2n) is 7.44. The first-order chi connectivity index (χ1) is 12.5. The first-order valence-corrected chi connectivity index (χ1v) is 9.10. The van der Waals surface area contributed by atoms with E-state index in [1.165, 1.54) is 16.7 Å². The van der Waals surface area contributed by atoms with Gasteiger partial charge >= 0.3 is 0 Å². The Kier molecular flexibility index (Phi) is 4.78. The second kappa shape index (κ2) is 6.87. The van der Waals surface area contributed by atoms with Crippen LogP contribution in [-0.2, 0) is 10.8 Å². The van der Waals surface area contributed by atoms with E-state index in [1.54, 1.807) is 0 Å². The summed E-state index contributed by atoms with van der Waals surface area (Å²) in [4.78, 5) is 0. The molecule has 2 aromatic carbocycles. The molecule has 26 heavy (non-hydrogen) atoms. The summed E-state index contributed by atoms with van der Waals surface area (Å²) in [7, 11) is 0. The molecule has 0 saturated carbocycles. The lowest BCUT2D eigenvalue weighted by molar-refractivity contribution is 0.355. The minimum Gasteiger partial charge on any atom is -0.399 e. The largest absolute Gasteiger partial charge is 0.399 e. The molecule has 1 atom stereocenters. The highest BCUT2D eigenvalue weighted by Gasteiger charge is 2.51. The Morgan fingerprint density at radius 2 is 1.35 bits per heavy atom. The van der Waals surface area contributed by atoms with Gasteiger partial charge in [-0.25, -0.2) is 0 Å². The van der Waals surface area contributed by atoms with Gasteiger partial charge in [-0.1, -0.05) is 36.4 Å². The van der Waals surface area contributed by atoms with Gasteiger partial charge in [0.25, 0.3) is 0 Å². The Labute approximate surface area is 156 Å². The zero-order valence-corrected chi connectivity index (χ0v) is 15.4. The zero-order valence-electron chi connectivity index (χ0n) is 15.4. The highest BCUT2D eigenvalue weighted by molar-refractivity contribution is 5.59. The lowest BCUT2D eigenvalue weighted by Gasteiger charge is -2.34. The third kappa shape index (κ3) is 2.76. The van der Waals surface area contributed by atoms with Crippen molar-refractivity contribution in [2.45, 2.75) is 36.5 Å². The third-order valence-electron chi connectivity index (χ3n) is 5.80. The normalized spacial score (nSPS) is 20.3. The zero-order chi connectivity index (χ0) is 18.8. The second-order valence-corrected chi connectivity index (χ2v) is 7.44. The molecule has 0 amide bonds. The third-order valence-corrected chi connectivity index (χ3v) is 5.80. The van der Waals surface area contributed by atoms with Crippen molar-refractivity contribution in [2.24, 2.45) is 0 Å². The van der Waals surface area contributed by atoms with Crippen LogP contribution < -0.4 is 11.5 Å². The fraction of sp³-hybridized carbons (Fsp3) is 0.250. The van der Waals surface area contributed by atoms with Crippen LogP contribution in [-0.4, -0.2) is 0 Å². The summed E-state index contributed by atoms with van der Waals surface area (Å²) in [6.07, 6.45) is 9.71. The highest BCUT2D eigenvalue weighted by Crippen LogP contribution is 2.58. The van der Waals surface area contributed by atoms with Crippen LogP contribution in [0.5, 0.6) is 0 Å². The van der Waals surface area contributed by atoms with Crippen molar-refractivity contribution in [1.82, 2.24) is 0 Å². The standard InChI is InChI=1S/C24H28N2/c1-4-13-23(14-5-2)17-24(15-6-3,18-7-9-19(25)10-8-18)22-16-20(26)11-12-21(22)23/h4-12,16H,1-3,13-15,17,25-26H2. The summed E-state index contributed by atoms with van der Waals surface area (Å²) in [6, 6.07) is 14.6. The van der Waals surface area contributed by atoms with Gasteiger partial charge in [-0.2, -0.15) is 0 Å². The fourth-order valence-electron chi connectivity index (χ4n) is 4.79. The topological polar surface area (TPSA) is 52.0 Å². The van der Waals surface area contributed by atoms with Crippen molar-refractivity contribution >= 4 is 11.4 Å². The molecule has 0 heterocycles. The first kappa shape index (κ1) is 18.1. The molecular weight excluding hydrogens is 316 g/mol. The SMILES string of the molecule is C=CCC1(CC=C)CC(CC=C)(c2ccc(N)cc2)c2cc(N)ccc21. The van der Waals surface area contributed by atoms with Gasteiger partial charge in [0.2, 0.25) is 0 Å². The molecule has 0 fully saturated rings. The number of anilines is 2. The molecule has 0 bridgehead atoms. The molecule has 1 unspecified atom stereocenters. The predicted molar refractivity (Wildman–Crippen MR) is 113 cm³/mol. The molecule has 0 aromatic heterocycles. The monoisotopic (exact) mass is 344 g/mol. The molecule has 1 aliphatic rings. The van der Waals surface area contributed by atoms with Crippen molar-refractivity contribution in [1.29, 1.82) is 0 Å². The van der Waals surface area contributed by atoms with E-state index in [0.717, 1.165) is 37.1 Å². The van der Waals surface area contributed by atoms with Crippen LogP contribution in [0.1, 0.15) is 42.4 Å². The van der Waals surface area contributed by atoms with Crippen LogP contribution in [0, 0.1) is 0 Å². The maximum absolute atomic E-state index is 6.20. The average molecular weight is 345 g/mol. The number of nitrogen functional groups attached to an aromatic ring is 2. The Hall–Kier alpha value is -2.74. The van der Waals surface area contributed by atoms with Crippen LogP contribution in [0.15, 0.2) is 80.4 Å². The Balaban J connectivity index is 2.30. The van der Waals surface area contributed by atoms with Crippen LogP contribution in [0.4, 0.5) is 11.4 Å². The molecule has 2 nitrogen and oxygen atoms in total. The fourth-order valence-corrected chi connectivity index (χ4v) is 4.79. The molecule has 1 aliphatic carbocycles. The van der Waals surface area contributed by atoms with Gasteiger partial charge in [-0.3, -0.25) is 0 Å². The Bertz CT molecular complexity index is 822. The number of fused-ring (bicyclic) bond motifs is 1. The highest BCUT2D eigenvalue weighted by atomic mass is 14.6. The first-order valence-electron chi connectivity index (χ1n) is 9.10. The van der Waals surface area contributed by atoms with Crippen LogP contribution in [0.25, 0.3) is 0 Å². The van der Waals surface area contributed by atoms with Gasteiger partial charge < -0.3 is 11.5 Å². The number of hydrogen-bond acceptors (Lipinski definition) is 2. The summed E-state index contributed by atoms with van der Waals surface area (Å²) in [5.74, 6) is 0. The molecule has 2 aromatic rings. The summed E-state index contributed by atoms with van der Waals surface area (Å²) in [6.45, 7) is 12.1. The van der Waals surface area contributed by atoms with Crippen molar-refractivity contribution in [3.8, 4) is 0 Å². The van der Waals surface area contributed by atoms with E-state index in [4.69, 9.17) is 11.5 Å². The van der Waals surface area contributed by atoms with Gasteiger partial charge in [0, 0.05) is 22.2 Å². The maximum atomic E-state index is 6.20. The van der Waals surface area contributed by atoms with Gasteiger partial charge in [-0.05, 0) is 66.6 Å². The molecule has 0 radical (unpaired) electrons. The molecule has 3 rings (SSSR count). The Morgan fingerprint density at radius 3 is 1.92 bits per heavy atom. The van der Waals surface area contributed by atoms with Gasteiger partial charge in [0.05, 0.1) is 0 Å². The minimum atomic E-state index is -0.161. The van der Waals surface area contributed by atoms with Crippen LogP contribution >= 0.6 is 0 Å². The number of rotatable bonds is 7. The van der Waals surface area contributed by atoms with E-state index in [1.807, 2.05) is 36.4 Å². The molecule has 0 spiro atoms. The van der Waals surface area contributed by atoms with E-state index < -0.39 is 0 Å². The van der Waals surface area contributed by atoms with Gasteiger partial charge in [0.15, 0.2) is 0 Å². The number of nitrogens with two attached hydrogens (primary N) is 2. The van der Waals surface area contributed by atoms with Crippen molar-refractivity contribution in [3.05, 3.63) is 97.1 Å². The summed E-state index contributed by atoms with van der Waals surface area (Å²) in [5, 5.41) is 0. The van der Waals surface area contributed by atoms with E-state index in [2.05, 4.69) is 44.0 Å². The van der Waals surface area contributed by atoms with Gasteiger partial charge in [-0.15, -0.1) is 19.7 Å². The molecule has 0 aliphatic heterocycles. The van der Waals surface area contributed by atoms with Crippen LogP contribution in [0.2, 0.25) is 0 Å². The number of hydrogen-bond donors (Lipinski definition) is 2. The molecular formula is C24H28N2. The van der Waals surface area contributed by atoms with Gasteiger partial charge in [0.1, 0.15) is 0 Å². The van der Waals surface area contributed by atoms with Crippen molar-refractivity contribution in [3.63, 3.8) is 0 Å². The average Bonchev–Trinajstić information content (AvgIpc) is 2.87. The predicted octanol–water partition coefficient (Wildman–Crippen LogP) is 5.51. The van der Waals surface area contributed by atoms with E-state index in [-0.39, 0.29) is 10.8 Å². The molecule has 2 heteroatoms. The smallest absolute Gasteiger partial charge is 0.0317 e. The number of allylic oxidation sites excluding steroid dienone is 3. The Morgan fingerprint density at radius 1 is 0.769 bits per heavy atom. The molecule has 0 saturated heterocycles. The van der Waals surface area contributed by atoms with E-state index >= 15 is 0 Å². The van der Waals surface area contributed by atoms with E-state index in [0.29, 0.717) is 0 Å². The van der Waals surface area contributed by atoms with Crippen molar-refractivity contribution < 1.29 is 0 Å². The quantitative estimate of drug-likeness (QED) is 0.514. The summed E-state index contributed by atoms with van der Waals surface area (Å²) >= 11 is 0. The van der Waals surface area contributed by atoms with Crippen LogP contribution in [0.3, 0.4) is 0 Å². The summed E-state index contributed by atoms with van der Waals surface area (Å²) < 4.78 is 0. The maximum Gasteiger partial charge on any atom is 0.0317 e. The summed E-state index contributed by atoms with van der Waals surface area (Å²) in [5.41, 5.74) is 17.4. The minimum absolute atomic E-state index is 0.0169. The number of benzene rings is 2. The molecule has 134 valence electrons.